The molecule has 1 aromatic heterocycles. The molecule has 1 aliphatic rings. The van der Waals surface area contributed by atoms with Crippen LogP contribution in [0.5, 0.6) is 0 Å². The summed E-state index contributed by atoms with van der Waals surface area (Å²) in [5.74, 6) is -0.853. The number of aromatic nitrogens is 2. The number of amides is 2. The third-order valence-corrected chi connectivity index (χ3v) is 3.16. The van der Waals surface area contributed by atoms with Gasteiger partial charge in [0.05, 0.1) is 11.1 Å². The molecule has 2 heterocycles. The molecule has 0 bridgehead atoms. The van der Waals surface area contributed by atoms with Gasteiger partial charge in [-0.05, 0) is 12.1 Å². The van der Waals surface area contributed by atoms with E-state index in [0.717, 1.165) is 16.2 Å². The Hall–Kier alpha value is -2.28. The molecule has 0 fully saturated rings. The van der Waals surface area contributed by atoms with Crippen LogP contribution < -0.4 is 10.6 Å². The number of fused-ring (bicyclic) bond motifs is 1. The van der Waals surface area contributed by atoms with Crippen molar-refractivity contribution in [2.75, 3.05) is 10.6 Å². The van der Waals surface area contributed by atoms with Gasteiger partial charge in [-0.15, -0.1) is 10.2 Å². The van der Waals surface area contributed by atoms with Crippen molar-refractivity contribution in [2.24, 2.45) is 0 Å². The van der Waals surface area contributed by atoms with E-state index in [1.165, 1.54) is 5.51 Å². The minimum Gasteiger partial charge on any atom is -0.398 e. The Labute approximate surface area is 99.7 Å². The van der Waals surface area contributed by atoms with Gasteiger partial charge in [-0.3, -0.25) is 9.59 Å². The molecule has 2 N–H and O–H groups in total. The second kappa shape index (κ2) is 3.36. The highest BCUT2D eigenvalue weighted by Crippen LogP contribution is 2.31. The van der Waals surface area contributed by atoms with Gasteiger partial charge >= 0.3 is 0 Å². The lowest BCUT2D eigenvalue weighted by atomic mass is 10.1. The highest BCUT2D eigenvalue weighted by atomic mass is 32.1. The van der Waals surface area contributed by atoms with Gasteiger partial charge in [-0.25, -0.2) is 4.90 Å². The molecule has 17 heavy (non-hydrogen) atoms. The van der Waals surface area contributed by atoms with Crippen molar-refractivity contribution in [2.45, 2.75) is 0 Å². The van der Waals surface area contributed by atoms with Crippen molar-refractivity contribution in [3.63, 3.8) is 0 Å². The zero-order valence-electron chi connectivity index (χ0n) is 8.45. The molecule has 3 rings (SSSR count). The number of nitrogens with zero attached hydrogens (tertiary/aromatic N) is 3. The standard InChI is InChI=1S/C10H6N4O2S/c11-6-3-1-2-5-7(6)9(16)14(8(5)15)10-13-12-4-17-10/h1-4H,11H2. The molecule has 0 aliphatic carbocycles. The second-order valence-electron chi connectivity index (χ2n) is 3.44. The molecule has 1 aromatic carbocycles. The molecule has 2 aromatic rings. The van der Waals surface area contributed by atoms with E-state index in [1.807, 2.05) is 0 Å². The maximum atomic E-state index is 12.1. The quantitative estimate of drug-likeness (QED) is 0.597. The molecule has 7 heteroatoms. The van der Waals surface area contributed by atoms with Gasteiger partial charge in [0.1, 0.15) is 5.51 Å². The molecule has 0 saturated heterocycles. The lowest BCUT2D eigenvalue weighted by molar-refractivity contribution is 0.0926. The van der Waals surface area contributed by atoms with Gasteiger partial charge in [0.25, 0.3) is 11.8 Å². The number of hydrogen-bond acceptors (Lipinski definition) is 6. The van der Waals surface area contributed by atoms with Crippen molar-refractivity contribution in [1.29, 1.82) is 0 Å². The smallest absolute Gasteiger partial charge is 0.270 e. The van der Waals surface area contributed by atoms with Crippen LogP contribution in [0, 0.1) is 0 Å². The van der Waals surface area contributed by atoms with E-state index in [1.54, 1.807) is 18.2 Å². The fourth-order valence-corrected chi connectivity index (χ4v) is 2.30. The number of imide groups is 1. The molecule has 84 valence electrons. The van der Waals surface area contributed by atoms with Crippen molar-refractivity contribution >= 4 is 34.0 Å². The van der Waals surface area contributed by atoms with Gasteiger partial charge in [0.15, 0.2) is 0 Å². The Morgan fingerprint density at radius 1 is 1.24 bits per heavy atom. The van der Waals surface area contributed by atoms with Gasteiger partial charge in [-0.2, -0.15) is 0 Å². The van der Waals surface area contributed by atoms with E-state index in [0.29, 0.717) is 11.3 Å². The monoisotopic (exact) mass is 246 g/mol. The number of carbonyl (C=O) groups is 2. The minimum atomic E-state index is -0.445. The predicted octanol–water partition coefficient (Wildman–Crippen LogP) is 0.921. The first-order chi connectivity index (χ1) is 8.20. The van der Waals surface area contributed by atoms with Crippen molar-refractivity contribution < 1.29 is 9.59 Å². The van der Waals surface area contributed by atoms with E-state index >= 15 is 0 Å². The van der Waals surface area contributed by atoms with E-state index in [9.17, 15) is 9.59 Å². The van der Waals surface area contributed by atoms with E-state index in [4.69, 9.17) is 5.73 Å². The number of rotatable bonds is 1. The van der Waals surface area contributed by atoms with Crippen LogP contribution in [0.3, 0.4) is 0 Å². The average Bonchev–Trinajstić information content (AvgIpc) is 2.88. The van der Waals surface area contributed by atoms with Crippen LogP contribution in [0.1, 0.15) is 20.7 Å². The highest BCUT2D eigenvalue weighted by Gasteiger charge is 2.39. The van der Waals surface area contributed by atoms with Crippen LogP contribution in [0.15, 0.2) is 23.7 Å². The lowest BCUT2D eigenvalue weighted by Gasteiger charge is -2.07. The number of nitrogens with two attached hydrogens (primary N) is 1. The first-order valence-electron chi connectivity index (χ1n) is 4.73. The average molecular weight is 246 g/mol. The maximum Gasteiger partial charge on any atom is 0.270 e. The molecule has 2 amide bonds. The molecule has 0 spiro atoms. The van der Waals surface area contributed by atoms with Gasteiger partial charge in [-0.1, -0.05) is 17.4 Å². The maximum absolute atomic E-state index is 12.1. The van der Waals surface area contributed by atoms with Crippen molar-refractivity contribution in [3.05, 3.63) is 34.8 Å². The molecule has 6 nitrogen and oxygen atoms in total. The van der Waals surface area contributed by atoms with E-state index < -0.39 is 11.8 Å². The zero-order valence-corrected chi connectivity index (χ0v) is 9.27. The fraction of sp³-hybridized carbons (Fsp3) is 0. The van der Waals surface area contributed by atoms with Crippen LogP contribution in [0.25, 0.3) is 0 Å². The Bertz CT molecular complexity index is 623. The third kappa shape index (κ3) is 1.26. The van der Waals surface area contributed by atoms with Crippen LogP contribution >= 0.6 is 11.3 Å². The lowest BCUT2D eigenvalue weighted by Crippen LogP contribution is -2.29. The third-order valence-electron chi connectivity index (χ3n) is 2.49. The Morgan fingerprint density at radius 2 is 2.06 bits per heavy atom. The fourth-order valence-electron chi connectivity index (χ4n) is 1.75. The number of anilines is 2. The molecular formula is C10H6N4O2S. The van der Waals surface area contributed by atoms with Crippen LogP contribution in [-0.2, 0) is 0 Å². The minimum absolute atomic E-state index is 0.243. The summed E-state index contributed by atoms with van der Waals surface area (Å²) in [5, 5.41) is 7.60. The number of carbonyl (C=O) groups excluding carboxylic acids is 2. The van der Waals surface area contributed by atoms with Crippen molar-refractivity contribution in [1.82, 2.24) is 10.2 Å². The first-order valence-corrected chi connectivity index (χ1v) is 5.61. The van der Waals surface area contributed by atoms with E-state index in [2.05, 4.69) is 10.2 Å². The van der Waals surface area contributed by atoms with Crippen LogP contribution in [0.2, 0.25) is 0 Å². The molecule has 0 radical (unpaired) electrons. The normalized spacial score (nSPS) is 14.2. The largest absolute Gasteiger partial charge is 0.398 e. The van der Waals surface area contributed by atoms with Gasteiger partial charge in [0, 0.05) is 5.69 Å². The summed E-state index contributed by atoms with van der Waals surface area (Å²) in [5.41, 5.74) is 8.02. The summed E-state index contributed by atoms with van der Waals surface area (Å²) < 4.78 is 0. The molecular weight excluding hydrogens is 240 g/mol. The molecule has 0 saturated carbocycles. The summed E-state index contributed by atoms with van der Waals surface area (Å²) in [6.45, 7) is 0. The van der Waals surface area contributed by atoms with Gasteiger partial charge < -0.3 is 5.73 Å². The molecule has 0 unspecified atom stereocenters. The summed E-state index contributed by atoms with van der Waals surface area (Å²) >= 11 is 1.13. The Balaban J connectivity index is 2.19. The van der Waals surface area contributed by atoms with E-state index in [-0.39, 0.29) is 10.7 Å². The van der Waals surface area contributed by atoms with Gasteiger partial charge in [0.2, 0.25) is 5.13 Å². The van der Waals surface area contributed by atoms with Crippen molar-refractivity contribution in [3.8, 4) is 0 Å². The second-order valence-corrected chi connectivity index (χ2v) is 4.25. The number of hydrogen-bond donors (Lipinski definition) is 1. The molecule has 0 atom stereocenters. The van der Waals surface area contributed by atoms with Crippen LogP contribution in [0.4, 0.5) is 10.8 Å². The zero-order chi connectivity index (χ0) is 12.0. The highest BCUT2D eigenvalue weighted by molar-refractivity contribution is 7.13. The predicted molar refractivity (Wildman–Crippen MR) is 61.9 cm³/mol. The number of benzene rings is 1. The summed E-state index contributed by atoms with van der Waals surface area (Å²) in [4.78, 5) is 25.1. The Morgan fingerprint density at radius 3 is 2.71 bits per heavy atom. The van der Waals surface area contributed by atoms with Crippen LogP contribution in [-0.4, -0.2) is 22.0 Å². The molecule has 1 aliphatic heterocycles. The first kappa shape index (κ1) is 9.91. The topological polar surface area (TPSA) is 89.2 Å². The summed E-state index contributed by atoms with van der Waals surface area (Å²) in [6, 6.07) is 4.81. The number of nitrogen functional groups attached to an aromatic ring is 1. The summed E-state index contributed by atoms with van der Waals surface area (Å²) in [7, 11) is 0. The SMILES string of the molecule is Nc1cccc2c1C(=O)N(c1nncs1)C2=O. The summed E-state index contributed by atoms with van der Waals surface area (Å²) in [6.07, 6.45) is 0. The Kier molecular flexibility index (Phi) is 1.96.